The monoisotopic (exact) mass is 425 g/mol. The van der Waals surface area contributed by atoms with Crippen LogP contribution in [0.15, 0.2) is 47.5 Å². The van der Waals surface area contributed by atoms with Crippen LogP contribution in [0.5, 0.6) is 0 Å². The van der Waals surface area contributed by atoms with Crippen molar-refractivity contribution in [1.82, 2.24) is 4.90 Å². The minimum Gasteiger partial charge on any atom is -0.383 e. The van der Waals surface area contributed by atoms with Crippen LogP contribution in [-0.2, 0) is 14.3 Å². The van der Waals surface area contributed by atoms with E-state index in [9.17, 15) is 9.59 Å². The molecule has 1 N–H and O–H groups in total. The number of aliphatic imine (C=N–C) groups is 1. The first-order valence-corrected chi connectivity index (χ1v) is 10.7. The van der Waals surface area contributed by atoms with Crippen LogP contribution in [0.2, 0.25) is 0 Å². The number of aryl methyl sites for hydroxylation is 3. The molecule has 0 aliphatic carbocycles. The highest BCUT2D eigenvalue weighted by Gasteiger charge is 2.39. The summed E-state index contributed by atoms with van der Waals surface area (Å²) in [6.45, 7) is 6.88. The van der Waals surface area contributed by atoms with Gasteiger partial charge in [0.05, 0.1) is 18.8 Å². The van der Waals surface area contributed by atoms with Crippen molar-refractivity contribution in [3.8, 4) is 0 Å². The van der Waals surface area contributed by atoms with Crippen molar-refractivity contribution in [2.75, 3.05) is 25.6 Å². The molecule has 1 heterocycles. The Morgan fingerprint density at radius 3 is 2.53 bits per heavy atom. The highest BCUT2D eigenvalue weighted by Crippen LogP contribution is 2.32. The van der Waals surface area contributed by atoms with Crippen LogP contribution < -0.4 is 5.32 Å². The fourth-order valence-electron chi connectivity index (χ4n) is 3.04. The number of nitrogens with zero attached hydrogens (tertiary/aromatic N) is 2. The van der Waals surface area contributed by atoms with Gasteiger partial charge in [0, 0.05) is 19.2 Å². The van der Waals surface area contributed by atoms with E-state index in [-0.39, 0.29) is 18.2 Å². The molecule has 0 aromatic heterocycles. The molecule has 3 rings (SSSR count). The second kappa shape index (κ2) is 9.91. The van der Waals surface area contributed by atoms with Gasteiger partial charge < -0.3 is 10.1 Å². The number of amidine groups is 1. The molecule has 2 aromatic rings. The topological polar surface area (TPSA) is 71.0 Å². The van der Waals surface area contributed by atoms with Crippen LogP contribution in [0.25, 0.3) is 0 Å². The zero-order chi connectivity index (χ0) is 21.7. The minimum absolute atomic E-state index is 0.0901. The molecule has 0 bridgehead atoms. The fraction of sp³-hybridized carbons (Fsp3) is 0.348. The average molecular weight is 426 g/mol. The van der Waals surface area contributed by atoms with E-state index in [2.05, 4.69) is 5.32 Å². The largest absolute Gasteiger partial charge is 0.383 e. The number of hydrogen-bond acceptors (Lipinski definition) is 5. The minimum atomic E-state index is -0.502. The van der Waals surface area contributed by atoms with Gasteiger partial charge in [-0.2, -0.15) is 0 Å². The Morgan fingerprint density at radius 2 is 1.87 bits per heavy atom. The van der Waals surface area contributed by atoms with Gasteiger partial charge >= 0.3 is 0 Å². The Kier molecular flexibility index (Phi) is 7.29. The number of methoxy groups -OCH3 is 1. The summed E-state index contributed by atoms with van der Waals surface area (Å²) in [5, 5.41) is 2.97. The van der Waals surface area contributed by atoms with E-state index in [0.29, 0.717) is 18.3 Å². The third kappa shape index (κ3) is 5.49. The molecule has 158 valence electrons. The molecular weight excluding hydrogens is 398 g/mol. The van der Waals surface area contributed by atoms with E-state index in [1.54, 1.807) is 12.0 Å². The molecule has 1 fully saturated rings. The van der Waals surface area contributed by atoms with E-state index in [0.717, 1.165) is 22.5 Å². The van der Waals surface area contributed by atoms with Crippen molar-refractivity contribution < 1.29 is 14.3 Å². The van der Waals surface area contributed by atoms with Gasteiger partial charge in [-0.3, -0.25) is 14.5 Å². The molecule has 30 heavy (non-hydrogen) atoms. The van der Waals surface area contributed by atoms with Gasteiger partial charge in [0.1, 0.15) is 5.25 Å². The van der Waals surface area contributed by atoms with Crippen LogP contribution in [0.1, 0.15) is 23.1 Å². The molecule has 6 nitrogen and oxygen atoms in total. The van der Waals surface area contributed by atoms with Gasteiger partial charge in [-0.15, -0.1) is 0 Å². The number of amides is 2. The van der Waals surface area contributed by atoms with Gasteiger partial charge in [0.25, 0.3) is 0 Å². The third-order valence-electron chi connectivity index (χ3n) is 4.96. The van der Waals surface area contributed by atoms with Crippen LogP contribution in [-0.4, -0.2) is 47.4 Å². The number of hydrogen-bond donors (Lipinski definition) is 1. The van der Waals surface area contributed by atoms with E-state index in [1.165, 1.54) is 17.3 Å². The maximum Gasteiger partial charge on any atom is 0.242 e. The molecule has 1 atom stereocenters. The molecule has 0 spiro atoms. The van der Waals surface area contributed by atoms with Gasteiger partial charge in [-0.05, 0) is 56.2 Å². The lowest BCUT2D eigenvalue weighted by Crippen LogP contribution is -2.35. The summed E-state index contributed by atoms with van der Waals surface area (Å²) >= 11 is 1.33. The smallest absolute Gasteiger partial charge is 0.242 e. The Hall–Kier alpha value is -2.64. The maximum atomic E-state index is 13.0. The Morgan fingerprint density at radius 1 is 1.13 bits per heavy atom. The van der Waals surface area contributed by atoms with Crippen molar-refractivity contribution in [3.63, 3.8) is 0 Å². The molecular formula is C23H27N3O3S. The first-order valence-electron chi connectivity index (χ1n) is 9.87. The van der Waals surface area contributed by atoms with Crippen molar-refractivity contribution in [1.29, 1.82) is 0 Å². The molecule has 0 radical (unpaired) electrons. The van der Waals surface area contributed by atoms with Crippen molar-refractivity contribution in [3.05, 3.63) is 59.2 Å². The second-order valence-electron chi connectivity index (χ2n) is 7.37. The van der Waals surface area contributed by atoms with Crippen molar-refractivity contribution >= 4 is 40.1 Å². The van der Waals surface area contributed by atoms with Crippen LogP contribution in [0.4, 0.5) is 11.4 Å². The number of carbonyl (C=O) groups excluding carboxylic acids is 2. The molecule has 2 aromatic carbocycles. The van der Waals surface area contributed by atoms with Gasteiger partial charge in [0.15, 0.2) is 5.17 Å². The van der Waals surface area contributed by atoms with Crippen molar-refractivity contribution in [2.24, 2.45) is 4.99 Å². The first-order chi connectivity index (χ1) is 14.4. The average Bonchev–Trinajstić information content (AvgIpc) is 2.99. The SMILES string of the molecule is COCCN1C(=O)[C@@H](CC(=O)Nc2ccc(C)cc2)SC1=Nc1ccc(C)c(C)c1. The highest BCUT2D eigenvalue weighted by molar-refractivity contribution is 8.15. The van der Waals surface area contributed by atoms with E-state index >= 15 is 0 Å². The van der Waals surface area contributed by atoms with Crippen molar-refractivity contribution in [2.45, 2.75) is 32.4 Å². The summed E-state index contributed by atoms with van der Waals surface area (Å²) in [4.78, 5) is 31.8. The molecule has 2 amide bonds. The number of rotatable bonds is 7. The number of ether oxygens (including phenoxy) is 1. The van der Waals surface area contributed by atoms with E-state index in [1.807, 2.05) is 63.2 Å². The summed E-state index contributed by atoms with van der Waals surface area (Å²) in [5.41, 5.74) is 4.97. The number of anilines is 1. The molecule has 0 unspecified atom stereocenters. The van der Waals surface area contributed by atoms with E-state index in [4.69, 9.17) is 9.73 Å². The second-order valence-corrected chi connectivity index (χ2v) is 8.54. The Labute approximate surface area is 181 Å². The summed E-state index contributed by atoms with van der Waals surface area (Å²) in [5.74, 6) is -0.303. The molecule has 1 aliphatic rings. The summed E-state index contributed by atoms with van der Waals surface area (Å²) in [6.07, 6.45) is 0.0901. The number of nitrogens with one attached hydrogen (secondary N) is 1. The van der Waals surface area contributed by atoms with Crippen LogP contribution in [0, 0.1) is 20.8 Å². The zero-order valence-corrected chi connectivity index (χ0v) is 18.6. The molecule has 1 aliphatic heterocycles. The van der Waals surface area contributed by atoms with Gasteiger partial charge in [-0.1, -0.05) is 35.5 Å². The summed E-state index contributed by atoms with van der Waals surface area (Å²) in [6, 6.07) is 13.5. The Bertz CT molecular complexity index is 957. The lowest BCUT2D eigenvalue weighted by atomic mass is 10.1. The van der Waals surface area contributed by atoms with Gasteiger partial charge in [-0.25, -0.2) is 4.99 Å². The maximum absolute atomic E-state index is 13.0. The predicted octanol–water partition coefficient (Wildman–Crippen LogP) is 4.22. The Balaban J connectivity index is 1.74. The van der Waals surface area contributed by atoms with Gasteiger partial charge in [0.2, 0.25) is 11.8 Å². The highest BCUT2D eigenvalue weighted by atomic mass is 32.2. The standard InChI is InChI=1S/C23H27N3O3S/c1-15-5-8-18(9-6-15)24-21(27)14-20-22(28)26(11-12-29-4)23(30-20)25-19-10-7-16(2)17(3)13-19/h5-10,13,20H,11-12,14H2,1-4H3,(H,24,27)/t20-/m1/s1. The normalized spacial score (nSPS) is 17.6. The summed E-state index contributed by atoms with van der Waals surface area (Å²) < 4.78 is 5.15. The van der Waals surface area contributed by atoms with Crippen LogP contribution >= 0.6 is 11.8 Å². The zero-order valence-electron chi connectivity index (χ0n) is 17.8. The number of carbonyl (C=O) groups is 2. The molecule has 1 saturated heterocycles. The number of benzene rings is 2. The fourth-order valence-corrected chi connectivity index (χ4v) is 4.22. The predicted molar refractivity (Wildman–Crippen MR) is 122 cm³/mol. The molecule has 0 saturated carbocycles. The first kappa shape index (κ1) is 22.1. The lowest BCUT2D eigenvalue weighted by molar-refractivity contribution is -0.128. The van der Waals surface area contributed by atoms with Crippen LogP contribution in [0.3, 0.4) is 0 Å². The molecule has 7 heteroatoms. The third-order valence-corrected chi connectivity index (χ3v) is 6.14. The quantitative estimate of drug-likeness (QED) is 0.721. The summed E-state index contributed by atoms with van der Waals surface area (Å²) in [7, 11) is 1.60. The lowest BCUT2D eigenvalue weighted by Gasteiger charge is -2.16. The van der Waals surface area contributed by atoms with E-state index < -0.39 is 5.25 Å². The number of thioether (sulfide) groups is 1.